The summed E-state index contributed by atoms with van der Waals surface area (Å²) in [7, 11) is -3.72. The molecule has 7 heteroatoms. The van der Waals surface area contributed by atoms with E-state index in [1.165, 1.54) is 0 Å². The highest BCUT2D eigenvalue weighted by molar-refractivity contribution is 7.89. The molecule has 0 saturated heterocycles. The van der Waals surface area contributed by atoms with Crippen LogP contribution < -0.4 is 0 Å². The summed E-state index contributed by atoms with van der Waals surface area (Å²) in [6.07, 6.45) is 0. The van der Waals surface area contributed by atoms with Gasteiger partial charge in [-0.3, -0.25) is 4.79 Å². The third kappa shape index (κ3) is 4.76. The lowest BCUT2D eigenvalue weighted by molar-refractivity contribution is -0.140. The molecule has 0 aliphatic rings. The molecule has 0 aromatic heterocycles. The van der Waals surface area contributed by atoms with Gasteiger partial charge in [-0.25, -0.2) is 8.42 Å². The van der Waals surface area contributed by atoms with Crippen LogP contribution in [0, 0.1) is 11.3 Å². The molecule has 0 radical (unpaired) electrons. The Morgan fingerprint density at radius 1 is 1.47 bits per heavy atom. The van der Waals surface area contributed by atoms with Gasteiger partial charge < -0.3 is 4.74 Å². The summed E-state index contributed by atoms with van der Waals surface area (Å²) >= 11 is 0. The molecule has 86 valence electrons. The molecule has 0 aromatic carbocycles. The van der Waals surface area contributed by atoms with Crippen LogP contribution in [0.15, 0.2) is 0 Å². The van der Waals surface area contributed by atoms with Crippen molar-refractivity contribution in [2.45, 2.75) is 13.8 Å². The Balaban J connectivity index is 4.53. The number of nitrogens with zero attached hydrogens (tertiary/aromatic N) is 2. The highest BCUT2D eigenvalue weighted by atomic mass is 32.2. The maximum absolute atomic E-state index is 11.5. The van der Waals surface area contributed by atoms with E-state index in [0.29, 0.717) is 0 Å². The van der Waals surface area contributed by atoms with Crippen molar-refractivity contribution in [2.75, 3.05) is 25.4 Å². The van der Waals surface area contributed by atoms with Crippen molar-refractivity contribution in [1.29, 1.82) is 5.26 Å². The number of sulfonamides is 1. The van der Waals surface area contributed by atoms with Crippen molar-refractivity contribution < 1.29 is 17.9 Å². The highest BCUT2D eigenvalue weighted by Crippen LogP contribution is 2.01. The minimum absolute atomic E-state index is 0.138. The van der Waals surface area contributed by atoms with Crippen molar-refractivity contribution in [3.8, 4) is 6.07 Å². The third-order valence-electron chi connectivity index (χ3n) is 1.60. The number of carbonyl (C=O) groups excluding carboxylic acids is 1. The van der Waals surface area contributed by atoms with E-state index < -0.39 is 21.7 Å². The predicted molar refractivity (Wildman–Crippen MR) is 53.3 cm³/mol. The smallest absolute Gasteiger partial charge is 0.322 e. The van der Waals surface area contributed by atoms with Crippen LogP contribution >= 0.6 is 0 Å². The monoisotopic (exact) mass is 234 g/mol. The van der Waals surface area contributed by atoms with Gasteiger partial charge in [0.05, 0.1) is 12.7 Å². The van der Waals surface area contributed by atoms with E-state index in [1.54, 1.807) is 19.9 Å². The number of carbonyl (C=O) groups is 1. The molecule has 15 heavy (non-hydrogen) atoms. The minimum atomic E-state index is -3.72. The molecule has 0 aliphatic heterocycles. The van der Waals surface area contributed by atoms with Crippen molar-refractivity contribution >= 4 is 16.0 Å². The van der Waals surface area contributed by atoms with E-state index in [-0.39, 0.29) is 19.7 Å². The van der Waals surface area contributed by atoms with Crippen LogP contribution in [0.5, 0.6) is 0 Å². The van der Waals surface area contributed by atoms with E-state index >= 15 is 0 Å². The Morgan fingerprint density at radius 3 is 2.47 bits per heavy atom. The third-order valence-corrected chi connectivity index (χ3v) is 3.37. The second-order valence-electron chi connectivity index (χ2n) is 2.65. The topological polar surface area (TPSA) is 87.5 Å². The number of ether oxygens (including phenoxy) is 1. The van der Waals surface area contributed by atoms with E-state index in [0.717, 1.165) is 4.31 Å². The number of esters is 1. The lowest BCUT2D eigenvalue weighted by Gasteiger charge is -2.15. The number of nitriles is 1. The van der Waals surface area contributed by atoms with Crippen LogP contribution in [0.4, 0.5) is 0 Å². The average molecular weight is 234 g/mol. The SMILES string of the molecule is CCOC(=O)CS(=O)(=O)N(CC)CC#N. The molecule has 6 nitrogen and oxygen atoms in total. The van der Waals surface area contributed by atoms with E-state index in [2.05, 4.69) is 4.74 Å². The molecule has 0 fully saturated rings. The molecular weight excluding hydrogens is 220 g/mol. The number of hydrogen-bond acceptors (Lipinski definition) is 5. The van der Waals surface area contributed by atoms with Gasteiger partial charge in [0.15, 0.2) is 5.75 Å². The van der Waals surface area contributed by atoms with Crippen LogP contribution in [0.3, 0.4) is 0 Å². The second kappa shape index (κ2) is 6.37. The van der Waals surface area contributed by atoms with Gasteiger partial charge in [0.2, 0.25) is 10.0 Å². The van der Waals surface area contributed by atoms with Gasteiger partial charge in [-0.2, -0.15) is 9.57 Å². The lowest BCUT2D eigenvalue weighted by atomic mass is 10.6. The normalized spacial score (nSPS) is 11.1. The molecule has 0 aliphatic carbocycles. The van der Waals surface area contributed by atoms with Crippen molar-refractivity contribution in [2.24, 2.45) is 0 Å². The first-order valence-corrected chi connectivity index (χ1v) is 6.09. The molecule has 0 spiro atoms. The van der Waals surface area contributed by atoms with Crippen molar-refractivity contribution in [1.82, 2.24) is 4.31 Å². The van der Waals surface area contributed by atoms with Crippen LogP contribution in [0.25, 0.3) is 0 Å². The number of hydrogen-bond donors (Lipinski definition) is 0. The average Bonchev–Trinajstić information content (AvgIpc) is 2.13. The Bertz CT molecular complexity index is 344. The molecule has 0 rings (SSSR count). The first-order chi connectivity index (χ1) is 6.97. The van der Waals surface area contributed by atoms with Gasteiger partial charge in [-0.05, 0) is 6.92 Å². The maximum Gasteiger partial charge on any atom is 0.322 e. The summed E-state index contributed by atoms with van der Waals surface area (Å²) in [5.41, 5.74) is 0. The van der Waals surface area contributed by atoms with E-state index in [1.807, 2.05) is 0 Å². The van der Waals surface area contributed by atoms with Crippen LogP contribution in [-0.4, -0.2) is 44.1 Å². The van der Waals surface area contributed by atoms with E-state index in [4.69, 9.17) is 5.26 Å². The largest absolute Gasteiger partial charge is 0.465 e. The predicted octanol–water partition coefficient (Wildman–Crippen LogP) is -0.275. The van der Waals surface area contributed by atoms with Gasteiger partial charge in [0.25, 0.3) is 0 Å². The zero-order valence-corrected chi connectivity index (χ0v) is 9.58. The summed E-state index contributed by atoms with van der Waals surface area (Å²) in [6, 6.07) is 1.72. The fourth-order valence-corrected chi connectivity index (χ4v) is 2.14. The standard InChI is InChI=1S/C8H14N2O4S/c1-3-10(6-5-9)15(12,13)7-8(11)14-4-2/h3-4,6-7H2,1-2H3. The fourth-order valence-electron chi connectivity index (χ4n) is 0.929. The summed E-state index contributed by atoms with van der Waals surface area (Å²) < 4.78 is 28.5. The van der Waals surface area contributed by atoms with Crippen molar-refractivity contribution in [3.05, 3.63) is 0 Å². The fraction of sp³-hybridized carbons (Fsp3) is 0.750. The Hall–Kier alpha value is -1.13. The summed E-state index contributed by atoms with van der Waals surface area (Å²) in [5, 5.41) is 8.40. The van der Waals surface area contributed by atoms with Gasteiger partial charge in [-0.15, -0.1) is 0 Å². The summed E-state index contributed by atoms with van der Waals surface area (Å²) in [6.45, 7) is 3.24. The lowest BCUT2D eigenvalue weighted by Crippen LogP contribution is -2.36. The van der Waals surface area contributed by atoms with Gasteiger partial charge in [0, 0.05) is 6.54 Å². The van der Waals surface area contributed by atoms with Crippen LogP contribution in [0.1, 0.15) is 13.8 Å². The van der Waals surface area contributed by atoms with Crippen LogP contribution in [-0.2, 0) is 19.6 Å². The molecule has 0 atom stereocenters. The van der Waals surface area contributed by atoms with Gasteiger partial charge in [0.1, 0.15) is 6.54 Å². The van der Waals surface area contributed by atoms with E-state index in [9.17, 15) is 13.2 Å². The summed E-state index contributed by atoms with van der Waals surface area (Å²) in [5.74, 6) is -1.51. The molecule has 0 heterocycles. The summed E-state index contributed by atoms with van der Waals surface area (Å²) in [4.78, 5) is 11.0. The molecular formula is C8H14N2O4S. The van der Waals surface area contributed by atoms with Gasteiger partial charge in [-0.1, -0.05) is 6.92 Å². The molecule has 0 N–H and O–H groups in total. The maximum atomic E-state index is 11.5. The first kappa shape index (κ1) is 13.9. The van der Waals surface area contributed by atoms with Crippen molar-refractivity contribution in [3.63, 3.8) is 0 Å². The molecule has 0 unspecified atom stereocenters. The Kier molecular flexibility index (Phi) is 5.89. The first-order valence-electron chi connectivity index (χ1n) is 4.48. The minimum Gasteiger partial charge on any atom is -0.465 e. The molecule has 0 aromatic rings. The molecule has 0 amide bonds. The Morgan fingerprint density at radius 2 is 2.07 bits per heavy atom. The zero-order chi connectivity index (χ0) is 11.9. The zero-order valence-electron chi connectivity index (χ0n) is 8.76. The number of rotatable bonds is 6. The quantitative estimate of drug-likeness (QED) is 0.466. The Labute approximate surface area is 89.5 Å². The highest BCUT2D eigenvalue weighted by Gasteiger charge is 2.24. The second-order valence-corrected chi connectivity index (χ2v) is 4.61. The molecule has 0 bridgehead atoms. The molecule has 0 saturated carbocycles. The van der Waals surface area contributed by atoms with Gasteiger partial charge >= 0.3 is 5.97 Å². The van der Waals surface area contributed by atoms with Crippen LogP contribution in [0.2, 0.25) is 0 Å².